The van der Waals surface area contributed by atoms with Gasteiger partial charge in [-0.1, -0.05) is 0 Å². The lowest BCUT2D eigenvalue weighted by molar-refractivity contribution is 0.107. The Morgan fingerprint density at radius 2 is 2.00 bits per heavy atom. The molecule has 0 atom stereocenters. The van der Waals surface area contributed by atoms with Crippen molar-refractivity contribution in [3.05, 3.63) is 7.11 Å². The lowest BCUT2D eigenvalue weighted by Gasteiger charge is -2.10. The van der Waals surface area contributed by atoms with Crippen LogP contribution in [0.3, 0.4) is 0 Å². The van der Waals surface area contributed by atoms with Gasteiger partial charge in [-0.25, -0.2) is 0 Å². The average molecular weight is 114 g/mol. The van der Waals surface area contributed by atoms with E-state index in [0.717, 1.165) is 0 Å². The summed E-state index contributed by atoms with van der Waals surface area (Å²) in [6, 6.07) is 0. The molecule has 2 heteroatoms. The van der Waals surface area contributed by atoms with Crippen LogP contribution in [0.5, 0.6) is 0 Å². The van der Waals surface area contributed by atoms with E-state index >= 15 is 0 Å². The Labute approximate surface area is 50.4 Å². The molecular weight excluding hydrogens is 102 g/mol. The molecule has 47 valence electrons. The highest BCUT2D eigenvalue weighted by Gasteiger charge is 2.09. The molecule has 1 fully saturated rings. The van der Waals surface area contributed by atoms with E-state index < -0.39 is 0 Å². The second kappa shape index (κ2) is 3.05. The Bertz CT molecular complexity index is 59.5. The number of likely N-dealkylation sites (tertiary alicyclic amines) is 1. The van der Waals surface area contributed by atoms with Gasteiger partial charge in [-0.3, -0.25) is 4.90 Å². The third kappa shape index (κ3) is 1.46. The van der Waals surface area contributed by atoms with Gasteiger partial charge in [0.15, 0.2) is 0 Å². The Morgan fingerprint density at radius 3 is 2.50 bits per heavy atom. The van der Waals surface area contributed by atoms with Crippen LogP contribution in [0.25, 0.3) is 0 Å². The van der Waals surface area contributed by atoms with Crippen molar-refractivity contribution in [2.45, 2.75) is 12.8 Å². The molecule has 1 saturated heterocycles. The first-order valence-corrected chi connectivity index (χ1v) is 3.03. The molecule has 1 radical (unpaired) electrons. The van der Waals surface area contributed by atoms with Crippen molar-refractivity contribution < 1.29 is 4.74 Å². The molecule has 0 aromatic heterocycles. The molecule has 0 N–H and O–H groups in total. The van der Waals surface area contributed by atoms with E-state index in [4.69, 9.17) is 4.74 Å². The molecule has 0 aromatic rings. The van der Waals surface area contributed by atoms with E-state index in [1.165, 1.54) is 25.9 Å². The van der Waals surface area contributed by atoms with E-state index in [9.17, 15) is 0 Å². The molecule has 1 rings (SSSR count). The SMILES string of the molecule is [CH2]OCN1CCCC1. The van der Waals surface area contributed by atoms with Gasteiger partial charge < -0.3 is 4.74 Å². The zero-order valence-corrected chi connectivity index (χ0v) is 5.10. The highest BCUT2D eigenvalue weighted by molar-refractivity contribution is 4.61. The third-order valence-electron chi connectivity index (χ3n) is 1.47. The first-order valence-electron chi connectivity index (χ1n) is 3.03. The number of hydrogen-bond acceptors (Lipinski definition) is 2. The van der Waals surface area contributed by atoms with Gasteiger partial charge in [-0.05, 0) is 12.8 Å². The smallest absolute Gasteiger partial charge is 0.0991 e. The number of rotatable bonds is 2. The Morgan fingerprint density at radius 1 is 1.38 bits per heavy atom. The fraction of sp³-hybridized carbons (Fsp3) is 0.833. The van der Waals surface area contributed by atoms with Crippen molar-refractivity contribution in [2.24, 2.45) is 0 Å². The topological polar surface area (TPSA) is 12.5 Å². The Balaban J connectivity index is 2.06. The van der Waals surface area contributed by atoms with Crippen LogP contribution in [0, 0.1) is 7.11 Å². The summed E-state index contributed by atoms with van der Waals surface area (Å²) >= 11 is 0. The molecule has 0 saturated carbocycles. The summed E-state index contributed by atoms with van der Waals surface area (Å²) in [5.41, 5.74) is 0. The second-order valence-corrected chi connectivity index (χ2v) is 2.16. The number of hydrogen-bond donors (Lipinski definition) is 0. The van der Waals surface area contributed by atoms with Crippen molar-refractivity contribution in [1.29, 1.82) is 0 Å². The highest BCUT2D eigenvalue weighted by Crippen LogP contribution is 2.05. The molecule has 1 aliphatic heterocycles. The number of nitrogens with zero attached hydrogens (tertiary/aromatic N) is 1. The minimum Gasteiger partial charge on any atom is -0.364 e. The summed E-state index contributed by atoms with van der Waals surface area (Å²) in [5.74, 6) is 0. The molecule has 0 unspecified atom stereocenters. The van der Waals surface area contributed by atoms with Crippen molar-refractivity contribution in [2.75, 3.05) is 19.8 Å². The van der Waals surface area contributed by atoms with E-state index in [-0.39, 0.29) is 0 Å². The van der Waals surface area contributed by atoms with Crippen LogP contribution in [0.4, 0.5) is 0 Å². The first kappa shape index (κ1) is 6.05. The number of ether oxygens (including phenoxy) is 1. The third-order valence-corrected chi connectivity index (χ3v) is 1.47. The summed E-state index contributed by atoms with van der Waals surface area (Å²) in [5, 5.41) is 0. The Hall–Kier alpha value is -0.0800. The fourth-order valence-corrected chi connectivity index (χ4v) is 1.04. The molecular formula is C6H12NO. The summed E-state index contributed by atoms with van der Waals surface area (Å²) in [6.07, 6.45) is 2.65. The summed E-state index contributed by atoms with van der Waals surface area (Å²) in [4.78, 5) is 2.26. The van der Waals surface area contributed by atoms with Crippen LogP contribution >= 0.6 is 0 Å². The van der Waals surface area contributed by atoms with Crippen LogP contribution in [0.2, 0.25) is 0 Å². The Kier molecular flexibility index (Phi) is 2.30. The molecule has 0 amide bonds. The van der Waals surface area contributed by atoms with Crippen LogP contribution in [-0.2, 0) is 4.74 Å². The van der Waals surface area contributed by atoms with Crippen molar-refractivity contribution in [3.8, 4) is 0 Å². The standard InChI is InChI=1S/C6H12NO/c1-8-6-7-4-2-3-5-7/h1-6H2. The van der Waals surface area contributed by atoms with Crippen LogP contribution in [0.15, 0.2) is 0 Å². The molecule has 0 spiro atoms. The maximum atomic E-state index is 4.70. The van der Waals surface area contributed by atoms with E-state index in [1.807, 2.05) is 0 Å². The average Bonchev–Trinajstić information content (AvgIpc) is 2.19. The second-order valence-electron chi connectivity index (χ2n) is 2.16. The highest BCUT2D eigenvalue weighted by atomic mass is 16.5. The van der Waals surface area contributed by atoms with Crippen LogP contribution in [0.1, 0.15) is 12.8 Å². The lowest BCUT2D eigenvalue weighted by Crippen LogP contribution is -2.20. The quantitative estimate of drug-likeness (QED) is 0.527. The molecule has 0 aromatic carbocycles. The molecule has 8 heavy (non-hydrogen) atoms. The summed E-state index contributed by atoms with van der Waals surface area (Å²) in [7, 11) is 3.31. The minimum atomic E-state index is 0.708. The van der Waals surface area contributed by atoms with Crippen molar-refractivity contribution in [3.63, 3.8) is 0 Å². The molecule has 0 aliphatic carbocycles. The molecule has 1 aliphatic rings. The van der Waals surface area contributed by atoms with Gasteiger partial charge in [0.25, 0.3) is 0 Å². The van der Waals surface area contributed by atoms with Gasteiger partial charge in [-0.15, -0.1) is 0 Å². The minimum absolute atomic E-state index is 0.708. The molecule has 0 bridgehead atoms. The van der Waals surface area contributed by atoms with Gasteiger partial charge in [0.1, 0.15) is 0 Å². The molecule has 1 heterocycles. The zero-order valence-electron chi connectivity index (χ0n) is 5.10. The summed E-state index contributed by atoms with van der Waals surface area (Å²) in [6.45, 7) is 3.09. The van der Waals surface area contributed by atoms with Gasteiger partial charge in [-0.2, -0.15) is 0 Å². The van der Waals surface area contributed by atoms with Crippen molar-refractivity contribution in [1.82, 2.24) is 4.90 Å². The van der Waals surface area contributed by atoms with Crippen molar-refractivity contribution >= 4 is 0 Å². The van der Waals surface area contributed by atoms with E-state index in [0.29, 0.717) is 6.73 Å². The molecule has 2 nitrogen and oxygen atoms in total. The van der Waals surface area contributed by atoms with Gasteiger partial charge in [0, 0.05) is 13.1 Å². The largest absolute Gasteiger partial charge is 0.364 e. The van der Waals surface area contributed by atoms with Crippen LogP contribution < -0.4 is 0 Å². The van der Waals surface area contributed by atoms with E-state index in [1.54, 1.807) is 0 Å². The van der Waals surface area contributed by atoms with E-state index in [2.05, 4.69) is 12.0 Å². The normalized spacial score (nSPS) is 22.1. The zero-order chi connectivity index (χ0) is 5.82. The maximum absolute atomic E-state index is 4.70. The predicted molar refractivity (Wildman–Crippen MR) is 32.1 cm³/mol. The van der Waals surface area contributed by atoms with Gasteiger partial charge in [0.2, 0.25) is 0 Å². The van der Waals surface area contributed by atoms with Gasteiger partial charge >= 0.3 is 0 Å². The summed E-state index contributed by atoms with van der Waals surface area (Å²) < 4.78 is 4.70. The van der Waals surface area contributed by atoms with Crippen LogP contribution in [-0.4, -0.2) is 24.7 Å². The lowest BCUT2D eigenvalue weighted by atomic mass is 10.4. The monoisotopic (exact) mass is 114 g/mol. The predicted octanol–water partition coefficient (Wildman–Crippen LogP) is 0.848. The maximum Gasteiger partial charge on any atom is 0.0991 e. The fourth-order valence-electron chi connectivity index (χ4n) is 1.04. The van der Waals surface area contributed by atoms with Gasteiger partial charge in [0.05, 0.1) is 13.8 Å². The first-order chi connectivity index (χ1) is 3.93.